The number of carbonyl (C=O) groups is 1. The lowest BCUT2D eigenvalue weighted by atomic mass is 9.79. The van der Waals surface area contributed by atoms with Crippen LogP contribution in [0.3, 0.4) is 0 Å². The Morgan fingerprint density at radius 1 is 1.32 bits per heavy atom. The molecule has 5 nitrogen and oxygen atoms in total. The average Bonchev–Trinajstić information content (AvgIpc) is 2.28. The zero-order chi connectivity index (χ0) is 14.6. The van der Waals surface area contributed by atoms with Crippen LogP contribution in [-0.4, -0.2) is 35.3 Å². The standard InChI is InChI=1S/C13H20BNO4/c1-13(2,3)19-12(16)11(8-15)9-4-6-10(7-5-9)14(17)18/h4-7,11,17-18H,8,15H2,1-3H3. The van der Waals surface area contributed by atoms with Crippen molar-refractivity contribution in [2.75, 3.05) is 6.54 Å². The molecular weight excluding hydrogens is 245 g/mol. The molecule has 1 aromatic rings. The van der Waals surface area contributed by atoms with E-state index in [1.807, 2.05) is 0 Å². The highest BCUT2D eigenvalue weighted by molar-refractivity contribution is 6.58. The molecule has 0 aliphatic rings. The summed E-state index contributed by atoms with van der Waals surface area (Å²) < 4.78 is 5.31. The van der Waals surface area contributed by atoms with Gasteiger partial charge in [-0.3, -0.25) is 4.79 Å². The van der Waals surface area contributed by atoms with Gasteiger partial charge in [-0.2, -0.15) is 0 Å². The molecule has 0 heterocycles. The molecule has 0 amide bonds. The fourth-order valence-corrected chi connectivity index (χ4v) is 1.64. The first-order valence-corrected chi connectivity index (χ1v) is 6.13. The molecule has 0 aliphatic carbocycles. The molecule has 1 rings (SSSR count). The highest BCUT2D eigenvalue weighted by atomic mass is 16.6. The molecule has 1 unspecified atom stereocenters. The minimum Gasteiger partial charge on any atom is -0.459 e. The monoisotopic (exact) mass is 265 g/mol. The molecule has 6 heteroatoms. The first-order valence-electron chi connectivity index (χ1n) is 6.13. The average molecular weight is 265 g/mol. The van der Waals surface area contributed by atoms with Crippen LogP contribution in [0.15, 0.2) is 24.3 Å². The Morgan fingerprint density at radius 3 is 2.21 bits per heavy atom. The van der Waals surface area contributed by atoms with Crippen LogP contribution in [0.4, 0.5) is 0 Å². The summed E-state index contributed by atoms with van der Waals surface area (Å²) in [6.07, 6.45) is 0. The minimum absolute atomic E-state index is 0.135. The third kappa shape index (κ3) is 4.67. The van der Waals surface area contributed by atoms with Crippen LogP contribution in [0.25, 0.3) is 0 Å². The summed E-state index contributed by atoms with van der Waals surface area (Å²) >= 11 is 0. The van der Waals surface area contributed by atoms with Crippen molar-refractivity contribution in [3.8, 4) is 0 Å². The van der Waals surface area contributed by atoms with Crippen LogP contribution in [-0.2, 0) is 9.53 Å². The fourth-order valence-electron chi connectivity index (χ4n) is 1.64. The van der Waals surface area contributed by atoms with Gasteiger partial charge in [-0.15, -0.1) is 0 Å². The number of benzene rings is 1. The number of ether oxygens (including phenoxy) is 1. The maximum Gasteiger partial charge on any atom is 0.488 e. The first-order chi connectivity index (χ1) is 8.74. The smallest absolute Gasteiger partial charge is 0.459 e. The van der Waals surface area contributed by atoms with Gasteiger partial charge < -0.3 is 20.5 Å². The molecule has 0 saturated carbocycles. The van der Waals surface area contributed by atoms with E-state index in [1.54, 1.807) is 45.0 Å². The first kappa shape index (κ1) is 15.7. The molecular formula is C13H20BNO4. The molecule has 0 aromatic heterocycles. The van der Waals surface area contributed by atoms with E-state index in [0.717, 1.165) is 0 Å². The van der Waals surface area contributed by atoms with Crippen molar-refractivity contribution < 1.29 is 19.6 Å². The lowest BCUT2D eigenvalue weighted by molar-refractivity contribution is -0.156. The number of hydrogen-bond acceptors (Lipinski definition) is 5. The molecule has 0 spiro atoms. The van der Waals surface area contributed by atoms with Gasteiger partial charge in [0, 0.05) is 6.54 Å². The van der Waals surface area contributed by atoms with Gasteiger partial charge in [0.05, 0.1) is 5.92 Å². The van der Waals surface area contributed by atoms with Crippen LogP contribution < -0.4 is 11.2 Å². The molecule has 0 saturated heterocycles. The lowest BCUT2D eigenvalue weighted by Gasteiger charge is -2.23. The van der Waals surface area contributed by atoms with Crippen molar-refractivity contribution in [2.45, 2.75) is 32.3 Å². The van der Waals surface area contributed by atoms with E-state index < -0.39 is 18.6 Å². The van der Waals surface area contributed by atoms with E-state index in [2.05, 4.69) is 0 Å². The van der Waals surface area contributed by atoms with E-state index >= 15 is 0 Å². The second-order valence-electron chi connectivity index (χ2n) is 5.36. The number of nitrogens with two attached hydrogens (primary N) is 1. The summed E-state index contributed by atoms with van der Waals surface area (Å²) in [5.74, 6) is -0.934. The van der Waals surface area contributed by atoms with Gasteiger partial charge in [0.2, 0.25) is 0 Å². The van der Waals surface area contributed by atoms with Gasteiger partial charge in [-0.1, -0.05) is 24.3 Å². The largest absolute Gasteiger partial charge is 0.488 e. The molecule has 0 aliphatic heterocycles. The molecule has 0 bridgehead atoms. The molecule has 4 N–H and O–H groups in total. The predicted molar refractivity (Wildman–Crippen MR) is 73.9 cm³/mol. The Kier molecular flexibility index (Phi) is 5.11. The fraction of sp³-hybridized carbons (Fsp3) is 0.462. The van der Waals surface area contributed by atoms with E-state index in [9.17, 15) is 4.79 Å². The summed E-state index contributed by atoms with van der Waals surface area (Å²) in [7, 11) is -1.52. The van der Waals surface area contributed by atoms with Crippen molar-refractivity contribution in [1.29, 1.82) is 0 Å². The van der Waals surface area contributed by atoms with Crippen molar-refractivity contribution >= 4 is 18.6 Å². The Balaban J connectivity index is 2.88. The van der Waals surface area contributed by atoms with Crippen LogP contribution >= 0.6 is 0 Å². The van der Waals surface area contributed by atoms with Gasteiger partial charge in [-0.05, 0) is 31.8 Å². The molecule has 104 valence electrons. The van der Waals surface area contributed by atoms with Crippen LogP contribution in [0, 0.1) is 0 Å². The van der Waals surface area contributed by atoms with Crippen LogP contribution in [0.2, 0.25) is 0 Å². The highest BCUT2D eigenvalue weighted by Gasteiger charge is 2.25. The van der Waals surface area contributed by atoms with Gasteiger partial charge in [0.1, 0.15) is 5.60 Å². The summed E-state index contributed by atoms with van der Waals surface area (Å²) in [6, 6.07) is 6.40. The Hall–Kier alpha value is -1.37. The van der Waals surface area contributed by atoms with Crippen molar-refractivity contribution in [3.63, 3.8) is 0 Å². The topological polar surface area (TPSA) is 92.8 Å². The van der Waals surface area contributed by atoms with Gasteiger partial charge in [-0.25, -0.2) is 0 Å². The van der Waals surface area contributed by atoms with E-state index in [4.69, 9.17) is 20.5 Å². The number of esters is 1. The third-order valence-corrected chi connectivity index (χ3v) is 2.56. The Morgan fingerprint density at radius 2 is 1.84 bits per heavy atom. The SMILES string of the molecule is CC(C)(C)OC(=O)C(CN)c1ccc(B(O)O)cc1. The second kappa shape index (κ2) is 6.19. The maximum absolute atomic E-state index is 12.0. The van der Waals surface area contributed by atoms with Gasteiger partial charge in [0.15, 0.2) is 0 Å². The van der Waals surface area contributed by atoms with E-state index in [-0.39, 0.29) is 12.5 Å². The van der Waals surface area contributed by atoms with Crippen LogP contribution in [0.5, 0.6) is 0 Å². The molecule has 0 fully saturated rings. The number of rotatable bonds is 4. The Bertz CT molecular complexity index is 425. The van der Waals surface area contributed by atoms with Crippen molar-refractivity contribution in [2.24, 2.45) is 5.73 Å². The summed E-state index contributed by atoms with van der Waals surface area (Å²) in [6.45, 7) is 5.52. The number of carbonyl (C=O) groups excluding carboxylic acids is 1. The predicted octanol–water partition coefficient (Wildman–Crippen LogP) is -0.250. The summed E-state index contributed by atoms with van der Waals surface area (Å²) in [4.78, 5) is 12.0. The highest BCUT2D eigenvalue weighted by Crippen LogP contribution is 2.19. The summed E-state index contributed by atoms with van der Waals surface area (Å²) in [5, 5.41) is 18.0. The van der Waals surface area contributed by atoms with Crippen molar-refractivity contribution in [1.82, 2.24) is 0 Å². The number of hydrogen-bond donors (Lipinski definition) is 3. The molecule has 1 atom stereocenters. The molecule has 19 heavy (non-hydrogen) atoms. The third-order valence-electron chi connectivity index (χ3n) is 2.56. The van der Waals surface area contributed by atoms with E-state index in [1.165, 1.54) is 0 Å². The molecule has 1 aromatic carbocycles. The zero-order valence-electron chi connectivity index (χ0n) is 11.5. The Labute approximate surface area is 113 Å². The molecule has 0 radical (unpaired) electrons. The summed E-state index contributed by atoms with van der Waals surface area (Å²) in [5.41, 5.74) is 6.12. The second-order valence-corrected chi connectivity index (χ2v) is 5.36. The van der Waals surface area contributed by atoms with E-state index in [0.29, 0.717) is 11.0 Å². The quantitative estimate of drug-likeness (QED) is 0.515. The maximum atomic E-state index is 12.0. The van der Waals surface area contributed by atoms with Gasteiger partial charge in [0.25, 0.3) is 0 Å². The van der Waals surface area contributed by atoms with Gasteiger partial charge >= 0.3 is 13.1 Å². The van der Waals surface area contributed by atoms with Crippen molar-refractivity contribution in [3.05, 3.63) is 29.8 Å². The van der Waals surface area contributed by atoms with Crippen LogP contribution in [0.1, 0.15) is 32.3 Å². The lowest BCUT2D eigenvalue weighted by Crippen LogP contribution is -2.32. The minimum atomic E-state index is -1.52. The zero-order valence-corrected chi connectivity index (χ0v) is 11.5. The normalized spacial score (nSPS) is 12.9.